The van der Waals surface area contributed by atoms with Gasteiger partial charge in [-0.15, -0.1) is 23.1 Å². The summed E-state index contributed by atoms with van der Waals surface area (Å²) in [5, 5.41) is 5.43. The number of ether oxygens (including phenoxy) is 2. The number of thiazole rings is 1. The standard InChI is InChI=1S/C21H21FN2O3S2/c1-13(20(25)23-16-8-9-18(26-2)19(10-16)27-3)28-11-17-12-29-21(24-17)14-4-6-15(22)7-5-14/h4-10,12-13H,11H2,1-3H3,(H,23,25). The van der Waals surface area contributed by atoms with Crippen molar-refractivity contribution >= 4 is 34.7 Å². The van der Waals surface area contributed by atoms with Gasteiger partial charge in [-0.3, -0.25) is 4.79 Å². The molecule has 1 unspecified atom stereocenters. The Kier molecular flexibility index (Phi) is 7.11. The van der Waals surface area contributed by atoms with Gasteiger partial charge < -0.3 is 14.8 Å². The molecule has 152 valence electrons. The van der Waals surface area contributed by atoms with Crippen molar-refractivity contribution in [1.29, 1.82) is 0 Å². The Labute approximate surface area is 177 Å². The van der Waals surface area contributed by atoms with Crippen LogP contribution in [0.15, 0.2) is 47.8 Å². The molecule has 0 fully saturated rings. The number of halogens is 1. The quantitative estimate of drug-likeness (QED) is 0.528. The molecule has 1 heterocycles. The Morgan fingerprint density at radius 2 is 1.90 bits per heavy atom. The zero-order chi connectivity index (χ0) is 20.8. The van der Waals surface area contributed by atoms with Crippen LogP contribution in [0.25, 0.3) is 10.6 Å². The number of carbonyl (C=O) groups excluding carboxylic acids is 1. The van der Waals surface area contributed by atoms with Crippen molar-refractivity contribution in [3.63, 3.8) is 0 Å². The molecule has 3 rings (SSSR count). The van der Waals surface area contributed by atoms with E-state index >= 15 is 0 Å². The molecule has 0 radical (unpaired) electrons. The second-order valence-electron chi connectivity index (χ2n) is 6.16. The molecule has 1 N–H and O–H groups in total. The highest BCUT2D eigenvalue weighted by Gasteiger charge is 2.16. The predicted molar refractivity (Wildman–Crippen MR) is 116 cm³/mol. The minimum absolute atomic E-state index is 0.101. The normalized spacial score (nSPS) is 11.7. The Hall–Kier alpha value is -2.58. The molecular formula is C21H21FN2O3S2. The summed E-state index contributed by atoms with van der Waals surface area (Å²) in [6.45, 7) is 1.86. The topological polar surface area (TPSA) is 60.5 Å². The number of hydrogen-bond donors (Lipinski definition) is 1. The lowest BCUT2D eigenvalue weighted by atomic mass is 10.2. The number of hydrogen-bond acceptors (Lipinski definition) is 6. The Balaban J connectivity index is 1.56. The van der Waals surface area contributed by atoms with Crippen LogP contribution in [0, 0.1) is 5.82 Å². The summed E-state index contributed by atoms with van der Waals surface area (Å²) in [7, 11) is 3.12. The third-order valence-electron chi connectivity index (χ3n) is 4.14. The SMILES string of the molecule is COc1ccc(NC(=O)C(C)SCc2csc(-c3ccc(F)cc3)n2)cc1OC. The van der Waals surface area contributed by atoms with Gasteiger partial charge in [0.25, 0.3) is 0 Å². The molecule has 0 aliphatic heterocycles. The van der Waals surface area contributed by atoms with E-state index in [0.29, 0.717) is 22.9 Å². The molecule has 29 heavy (non-hydrogen) atoms. The molecular weight excluding hydrogens is 411 g/mol. The van der Waals surface area contributed by atoms with Gasteiger partial charge in [0, 0.05) is 28.5 Å². The first-order valence-corrected chi connectivity index (χ1v) is 10.8. The lowest BCUT2D eigenvalue weighted by Crippen LogP contribution is -2.22. The average Bonchev–Trinajstić information content (AvgIpc) is 3.21. The second-order valence-corrected chi connectivity index (χ2v) is 8.35. The van der Waals surface area contributed by atoms with Crippen molar-refractivity contribution in [2.45, 2.75) is 17.9 Å². The summed E-state index contributed by atoms with van der Waals surface area (Å²) in [4.78, 5) is 17.1. The van der Waals surface area contributed by atoms with Crippen molar-refractivity contribution in [2.24, 2.45) is 0 Å². The number of amides is 1. The molecule has 1 amide bonds. The molecule has 5 nitrogen and oxygen atoms in total. The van der Waals surface area contributed by atoms with Crippen LogP contribution in [0.4, 0.5) is 10.1 Å². The summed E-state index contributed by atoms with van der Waals surface area (Å²) in [5.74, 6) is 1.40. The lowest BCUT2D eigenvalue weighted by molar-refractivity contribution is -0.115. The molecule has 8 heteroatoms. The number of methoxy groups -OCH3 is 2. The molecule has 3 aromatic rings. The fourth-order valence-electron chi connectivity index (χ4n) is 2.54. The largest absolute Gasteiger partial charge is 0.493 e. The number of anilines is 1. The number of nitrogens with zero attached hydrogens (tertiary/aromatic N) is 1. The van der Waals surface area contributed by atoms with Crippen molar-refractivity contribution in [3.05, 3.63) is 59.4 Å². The van der Waals surface area contributed by atoms with Crippen LogP contribution in [0.1, 0.15) is 12.6 Å². The van der Waals surface area contributed by atoms with Crippen molar-refractivity contribution < 1.29 is 18.7 Å². The van der Waals surface area contributed by atoms with E-state index in [4.69, 9.17) is 9.47 Å². The summed E-state index contributed by atoms with van der Waals surface area (Å²) < 4.78 is 23.5. The maximum atomic E-state index is 13.1. The molecule has 0 saturated carbocycles. The highest BCUT2D eigenvalue weighted by molar-refractivity contribution is 7.99. The molecule has 0 saturated heterocycles. The van der Waals surface area contributed by atoms with E-state index in [2.05, 4.69) is 10.3 Å². The van der Waals surface area contributed by atoms with Crippen molar-refractivity contribution in [1.82, 2.24) is 4.98 Å². The van der Waals surface area contributed by atoms with Crippen LogP contribution < -0.4 is 14.8 Å². The zero-order valence-corrected chi connectivity index (χ0v) is 17.9. The molecule has 2 aromatic carbocycles. The van der Waals surface area contributed by atoms with E-state index in [9.17, 15) is 9.18 Å². The van der Waals surface area contributed by atoms with Crippen LogP contribution in [-0.2, 0) is 10.5 Å². The van der Waals surface area contributed by atoms with Gasteiger partial charge in [-0.25, -0.2) is 9.37 Å². The van der Waals surface area contributed by atoms with Gasteiger partial charge in [-0.05, 0) is 43.3 Å². The minimum Gasteiger partial charge on any atom is -0.493 e. The van der Waals surface area contributed by atoms with Gasteiger partial charge in [0.05, 0.1) is 25.2 Å². The van der Waals surface area contributed by atoms with Gasteiger partial charge in [-0.2, -0.15) is 0 Å². The third-order valence-corrected chi connectivity index (χ3v) is 6.26. The van der Waals surface area contributed by atoms with E-state index in [1.165, 1.54) is 35.2 Å². The molecule has 0 spiro atoms. The fourth-order valence-corrected chi connectivity index (χ4v) is 4.25. The number of aromatic nitrogens is 1. The molecule has 0 aliphatic carbocycles. The van der Waals surface area contributed by atoms with Crippen LogP contribution in [0.2, 0.25) is 0 Å². The van der Waals surface area contributed by atoms with E-state index in [1.54, 1.807) is 44.6 Å². The molecule has 1 atom stereocenters. The van der Waals surface area contributed by atoms with Gasteiger partial charge in [0.1, 0.15) is 10.8 Å². The number of carbonyl (C=O) groups is 1. The maximum absolute atomic E-state index is 13.1. The van der Waals surface area contributed by atoms with Crippen LogP contribution in [0.3, 0.4) is 0 Å². The smallest absolute Gasteiger partial charge is 0.237 e. The summed E-state index contributed by atoms with van der Waals surface area (Å²) in [6.07, 6.45) is 0. The Morgan fingerprint density at radius 3 is 2.59 bits per heavy atom. The first-order chi connectivity index (χ1) is 14.0. The van der Waals surface area contributed by atoms with Crippen molar-refractivity contribution in [3.8, 4) is 22.1 Å². The first kappa shape index (κ1) is 21.1. The third kappa shape index (κ3) is 5.48. The Morgan fingerprint density at radius 1 is 1.17 bits per heavy atom. The highest BCUT2D eigenvalue weighted by atomic mass is 32.2. The van der Waals surface area contributed by atoms with E-state index in [0.717, 1.165) is 16.3 Å². The Bertz CT molecular complexity index is 976. The van der Waals surface area contributed by atoms with Crippen LogP contribution in [-0.4, -0.2) is 30.4 Å². The number of rotatable bonds is 8. The van der Waals surface area contributed by atoms with Crippen molar-refractivity contribution in [2.75, 3.05) is 19.5 Å². The second kappa shape index (κ2) is 9.76. The zero-order valence-electron chi connectivity index (χ0n) is 16.3. The van der Waals surface area contributed by atoms with E-state index in [1.807, 2.05) is 12.3 Å². The minimum atomic E-state index is -0.268. The first-order valence-electron chi connectivity index (χ1n) is 8.85. The van der Waals surface area contributed by atoms with Crippen LogP contribution in [0.5, 0.6) is 11.5 Å². The van der Waals surface area contributed by atoms with Crippen LogP contribution >= 0.6 is 23.1 Å². The maximum Gasteiger partial charge on any atom is 0.237 e. The van der Waals surface area contributed by atoms with Gasteiger partial charge in [0.2, 0.25) is 5.91 Å². The average molecular weight is 433 g/mol. The monoisotopic (exact) mass is 432 g/mol. The van der Waals surface area contributed by atoms with Gasteiger partial charge in [-0.1, -0.05) is 0 Å². The summed E-state index contributed by atoms with van der Waals surface area (Å²) in [6, 6.07) is 11.5. The number of nitrogens with one attached hydrogen (secondary N) is 1. The van der Waals surface area contributed by atoms with E-state index < -0.39 is 0 Å². The highest BCUT2D eigenvalue weighted by Crippen LogP contribution is 2.30. The molecule has 0 aliphatic rings. The number of thioether (sulfide) groups is 1. The number of benzene rings is 2. The summed E-state index contributed by atoms with van der Waals surface area (Å²) in [5.41, 5.74) is 2.42. The van der Waals surface area contributed by atoms with E-state index in [-0.39, 0.29) is 17.0 Å². The summed E-state index contributed by atoms with van der Waals surface area (Å²) >= 11 is 3.01. The fraction of sp³-hybridized carbons (Fsp3) is 0.238. The molecule has 0 bridgehead atoms. The van der Waals surface area contributed by atoms with Gasteiger partial charge in [0.15, 0.2) is 11.5 Å². The predicted octanol–water partition coefficient (Wildman–Crippen LogP) is 5.23. The van der Waals surface area contributed by atoms with Gasteiger partial charge >= 0.3 is 0 Å². The molecule has 1 aromatic heterocycles. The lowest BCUT2D eigenvalue weighted by Gasteiger charge is -2.13.